The molecule has 0 amide bonds. The van der Waals surface area contributed by atoms with Crippen LogP contribution >= 0.6 is 0 Å². The fourth-order valence-electron chi connectivity index (χ4n) is 2.95. The summed E-state index contributed by atoms with van der Waals surface area (Å²) in [6, 6.07) is 14.1. The second-order valence-corrected chi connectivity index (χ2v) is 5.84. The number of aryl methyl sites for hydroxylation is 2. The molecule has 3 heteroatoms. The Hall–Kier alpha value is -2.68. The molecule has 0 spiro atoms. The molecule has 3 aromatic rings. The van der Waals surface area contributed by atoms with Crippen LogP contribution in [0.25, 0.3) is 22.2 Å². The Labute approximate surface area is 142 Å². The van der Waals surface area contributed by atoms with Crippen LogP contribution in [-0.2, 0) is 13.0 Å². The van der Waals surface area contributed by atoms with Gasteiger partial charge in [-0.2, -0.15) is 0 Å². The molecule has 0 saturated carbocycles. The summed E-state index contributed by atoms with van der Waals surface area (Å²) in [6.07, 6.45) is 7.60. The number of allylic oxidation sites excluding steroid dienone is 2. The molecule has 0 atom stereocenters. The fraction of sp³-hybridized carbons (Fsp3) is 0.238. The number of pyridine rings is 2. The highest BCUT2D eigenvalue weighted by Gasteiger charge is 2.11. The Balaban J connectivity index is 2.21. The molecule has 0 radical (unpaired) electrons. The van der Waals surface area contributed by atoms with Crippen LogP contribution in [0.1, 0.15) is 25.8 Å². The maximum atomic E-state index is 13.1. The van der Waals surface area contributed by atoms with E-state index in [0.717, 1.165) is 35.0 Å². The first-order valence-electron chi connectivity index (χ1n) is 8.43. The lowest BCUT2D eigenvalue weighted by Gasteiger charge is -2.12. The van der Waals surface area contributed by atoms with E-state index in [2.05, 4.69) is 30.1 Å². The van der Waals surface area contributed by atoms with Crippen molar-refractivity contribution in [2.24, 2.45) is 0 Å². The Morgan fingerprint density at radius 2 is 2.04 bits per heavy atom. The van der Waals surface area contributed by atoms with E-state index in [-0.39, 0.29) is 5.56 Å². The number of hydrogen-bond donors (Lipinski definition) is 0. The van der Waals surface area contributed by atoms with Crippen molar-refractivity contribution in [3.63, 3.8) is 0 Å². The van der Waals surface area contributed by atoms with Gasteiger partial charge in [-0.15, -0.1) is 0 Å². The highest BCUT2D eigenvalue weighted by Crippen LogP contribution is 2.21. The zero-order valence-corrected chi connectivity index (χ0v) is 14.2. The minimum Gasteiger partial charge on any atom is -0.292 e. The predicted molar refractivity (Wildman–Crippen MR) is 100 cm³/mol. The Kier molecular flexibility index (Phi) is 4.90. The predicted octanol–water partition coefficient (Wildman–Crippen LogP) is 4.59. The lowest BCUT2D eigenvalue weighted by Crippen LogP contribution is -2.22. The van der Waals surface area contributed by atoms with Gasteiger partial charge in [-0.3, -0.25) is 9.36 Å². The number of fused-ring (bicyclic) bond motifs is 1. The van der Waals surface area contributed by atoms with Crippen molar-refractivity contribution >= 4 is 11.0 Å². The van der Waals surface area contributed by atoms with Gasteiger partial charge < -0.3 is 0 Å². The number of hydrogen-bond acceptors (Lipinski definition) is 2. The van der Waals surface area contributed by atoms with Crippen molar-refractivity contribution in [2.45, 2.75) is 33.2 Å². The molecular weight excluding hydrogens is 296 g/mol. The van der Waals surface area contributed by atoms with Gasteiger partial charge in [0.2, 0.25) is 0 Å². The average molecular weight is 318 g/mol. The lowest BCUT2D eigenvalue weighted by atomic mass is 10.0. The van der Waals surface area contributed by atoms with Gasteiger partial charge in [-0.05, 0) is 49.1 Å². The van der Waals surface area contributed by atoms with Crippen molar-refractivity contribution in [3.05, 3.63) is 76.7 Å². The largest absolute Gasteiger partial charge is 0.292 e. The van der Waals surface area contributed by atoms with Crippen LogP contribution in [0.15, 0.2) is 65.6 Å². The van der Waals surface area contributed by atoms with Gasteiger partial charge >= 0.3 is 0 Å². The third kappa shape index (κ3) is 3.16. The quantitative estimate of drug-likeness (QED) is 0.645. The maximum absolute atomic E-state index is 13.1. The molecular formula is C21H22N2O. The van der Waals surface area contributed by atoms with Gasteiger partial charge in [-0.25, -0.2) is 4.98 Å². The Morgan fingerprint density at radius 1 is 1.17 bits per heavy atom. The minimum atomic E-state index is 0.0268. The molecule has 122 valence electrons. The van der Waals surface area contributed by atoms with Crippen LogP contribution in [0.4, 0.5) is 0 Å². The van der Waals surface area contributed by atoms with Gasteiger partial charge in [0.15, 0.2) is 0 Å². The summed E-state index contributed by atoms with van der Waals surface area (Å²) in [6.45, 7) is 4.75. The molecule has 0 N–H and O–H groups in total. The maximum Gasteiger partial charge on any atom is 0.260 e. The fourth-order valence-corrected chi connectivity index (χ4v) is 2.95. The first-order chi connectivity index (χ1) is 11.7. The molecule has 0 aliphatic heterocycles. The van der Waals surface area contributed by atoms with Crippen LogP contribution in [0.2, 0.25) is 0 Å². The van der Waals surface area contributed by atoms with Crippen LogP contribution in [-0.4, -0.2) is 9.55 Å². The molecule has 2 aromatic heterocycles. The smallest absolute Gasteiger partial charge is 0.260 e. The van der Waals surface area contributed by atoms with Crippen molar-refractivity contribution < 1.29 is 0 Å². The minimum absolute atomic E-state index is 0.0268. The van der Waals surface area contributed by atoms with Gasteiger partial charge in [0, 0.05) is 23.7 Å². The molecule has 0 unspecified atom stereocenters. The highest BCUT2D eigenvalue weighted by molar-refractivity contribution is 5.81. The lowest BCUT2D eigenvalue weighted by molar-refractivity contribution is 0.702. The summed E-state index contributed by atoms with van der Waals surface area (Å²) < 4.78 is 1.79. The topological polar surface area (TPSA) is 34.9 Å². The summed E-state index contributed by atoms with van der Waals surface area (Å²) in [5.74, 6) is 0. The molecule has 0 aliphatic rings. The normalized spacial score (nSPS) is 11.4. The summed E-state index contributed by atoms with van der Waals surface area (Å²) in [5, 5.41) is 0.995. The zero-order valence-electron chi connectivity index (χ0n) is 14.2. The first-order valence-corrected chi connectivity index (χ1v) is 8.43. The van der Waals surface area contributed by atoms with Crippen molar-refractivity contribution in [3.8, 4) is 11.1 Å². The third-order valence-corrected chi connectivity index (χ3v) is 4.25. The zero-order chi connectivity index (χ0) is 16.9. The van der Waals surface area contributed by atoms with E-state index in [1.54, 1.807) is 10.8 Å². The summed E-state index contributed by atoms with van der Waals surface area (Å²) in [7, 11) is 0. The van der Waals surface area contributed by atoms with E-state index >= 15 is 0 Å². The first kappa shape index (κ1) is 16.2. The van der Waals surface area contributed by atoms with Crippen molar-refractivity contribution in [1.82, 2.24) is 9.55 Å². The van der Waals surface area contributed by atoms with Crippen LogP contribution in [0.5, 0.6) is 0 Å². The number of rotatable bonds is 5. The molecule has 0 saturated heterocycles. The summed E-state index contributed by atoms with van der Waals surface area (Å²) >= 11 is 0. The van der Waals surface area contributed by atoms with Crippen LogP contribution < -0.4 is 5.56 Å². The van der Waals surface area contributed by atoms with Gasteiger partial charge in [0.1, 0.15) is 5.65 Å². The van der Waals surface area contributed by atoms with E-state index in [9.17, 15) is 4.79 Å². The second-order valence-electron chi connectivity index (χ2n) is 5.84. The monoisotopic (exact) mass is 318 g/mol. The number of benzene rings is 1. The molecule has 0 aliphatic carbocycles. The molecule has 3 nitrogen and oxygen atoms in total. The second kappa shape index (κ2) is 7.26. The summed E-state index contributed by atoms with van der Waals surface area (Å²) in [4.78, 5) is 17.5. The third-order valence-electron chi connectivity index (χ3n) is 4.25. The van der Waals surface area contributed by atoms with E-state index in [1.165, 1.54) is 5.56 Å². The summed E-state index contributed by atoms with van der Waals surface area (Å²) in [5.41, 5.74) is 3.73. The molecule has 3 rings (SSSR count). The van der Waals surface area contributed by atoms with E-state index in [4.69, 9.17) is 0 Å². The van der Waals surface area contributed by atoms with Gasteiger partial charge in [0.05, 0.1) is 0 Å². The van der Waals surface area contributed by atoms with E-state index in [0.29, 0.717) is 6.54 Å². The van der Waals surface area contributed by atoms with Crippen LogP contribution in [0.3, 0.4) is 0 Å². The molecule has 1 aromatic carbocycles. The molecule has 0 fully saturated rings. The molecule has 0 bridgehead atoms. The standard InChI is InChI=1S/C21H22N2O/c1-3-5-6-13-23-20-18(11-8-12-22-20)15-19(21(23)24)17-10-7-9-16(4-2)14-17/h3,5,7-12,14-15H,4,6,13H2,1-2H3. The number of nitrogens with zero attached hydrogens (tertiary/aromatic N) is 2. The Morgan fingerprint density at radius 3 is 2.83 bits per heavy atom. The number of aromatic nitrogens is 2. The highest BCUT2D eigenvalue weighted by atomic mass is 16.1. The van der Waals surface area contributed by atoms with Crippen molar-refractivity contribution in [2.75, 3.05) is 0 Å². The SMILES string of the molecule is CC=CCCn1c(=O)c(-c2cccc(CC)c2)cc2cccnc21. The molecule has 2 heterocycles. The average Bonchev–Trinajstić information content (AvgIpc) is 2.63. The van der Waals surface area contributed by atoms with Gasteiger partial charge in [0.25, 0.3) is 5.56 Å². The Bertz CT molecular complexity index is 938. The van der Waals surface area contributed by atoms with Gasteiger partial charge in [-0.1, -0.05) is 43.3 Å². The molecule has 24 heavy (non-hydrogen) atoms. The van der Waals surface area contributed by atoms with E-state index < -0.39 is 0 Å². The van der Waals surface area contributed by atoms with Crippen LogP contribution in [0, 0.1) is 0 Å². The van der Waals surface area contributed by atoms with Crippen molar-refractivity contribution in [1.29, 1.82) is 0 Å². The van der Waals surface area contributed by atoms with E-state index in [1.807, 2.05) is 43.3 Å².